The largest absolute Gasteiger partial charge is 0.386 e. The molecule has 0 radical (unpaired) electrons. The molecule has 0 bridgehead atoms. The molecule has 1 fully saturated rings. The maximum Gasteiger partial charge on any atom is 0.111 e. The van der Waals surface area contributed by atoms with Gasteiger partial charge in [0.05, 0.1) is 6.61 Å². The minimum Gasteiger partial charge on any atom is -0.386 e. The quantitative estimate of drug-likeness (QED) is 0.741. The van der Waals surface area contributed by atoms with Crippen LogP contribution in [0.15, 0.2) is 30.8 Å². The van der Waals surface area contributed by atoms with Gasteiger partial charge in [0, 0.05) is 0 Å². The fraction of sp³-hybridized carbons (Fsp3) is 0.333. The van der Waals surface area contributed by atoms with Crippen molar-refractivity contribution in [2.24, 2.45) is 0 Å². The SMILES string of the molecule is C=C(C)c1ccc(C(O)C2CO2)cc1. The van der Waals surface area contributed by atoms with Gasteiger partial charge in [0.25, 0.3) is 0 Å². The number of hydrogen-bond donors (Lipinski definition) is 1. The first-order valence-electron chi connectivity index (χ1n) is 4.74. The monoisotopic (exact) mass is 190 g/mol. The molecule has 2 heteroatoms. The van der Waals surface area contributed by atoms with Crippen LogP contribution in [0, 0.1) is 0 Å². The van der Waals surface area contributed by atoms with Crippen molar-refractivity contribution in [2.45, 2.75) is 19.1 Å². The van der Waals surface area contributed by atoms with Gasteiger partial charge in [0.15, 0.2) is 0 Å². The van der Waals surface area contributed by atoms with E-state index >= 15 is 0 Å². The fourth-order valence-corrected chi connectivity index (χ4v) is 1.42. The van der Waals surface area contributed by atoms with Gasteiger partial charge in [0.2, 0.25) is 0 Å². The minimum atomic E-state index is -0.478. The van der Waals surface area contributed by atoms with E-state index in [4.69, 9.17) is 4.74 Å². The van der Waals surface area contributed by atoms with Crippen LogP contribution in [0.25, 0.3) is 5.57 Å². The summed E-state index contributed by atoms with van der Waals surface area (Å²) in [5, 5.41) is 9.74. The molecule has 1 heterocycles. The number of aliphatic hydroxyl groups is 1. The third kappa shape index (κ3) is 1.86. The zero-order valence-electron chi connectivity index (χ0n) is 8.23. The van der Waals surface area contributed by atoms with Gasteiger partial charge in [-0.1, -0.05) is 36.4 Å². The number of ether oxygens (including phenoxy) is 1. The van der Waals surface area contributed by atoms with Gasteiger partial charge in [-0.3, -0.25) is 0 Å². The predicted molar refractivity (Wildman–Crippen MR) is 55.8 cm³/mol. The van der Waals surface area contributed by atoms with E-state index in [2.05, 4.69) is 6.58 Å². The van der Waals surface area contributed by atoms with E-state index in [9.17, 15) is 5.11 Å². The highest BCUT2D eigenvalue weighted by Gasteiger charge is 2.32. The molecule has 1 aliphatic heterocycles. The van der Waals surface area contributed by atoms with Gasteiger partial charge in [-0.05, 0) is 18.1 Å². The van der Waals surface area contributed by atoms with Crippen molar-refractivity contribution in [1.29, 1.82) is 0 Å². The van der Waals surface area contributed by atoms with Crippen molar-refractivity contribution >= 4 is 5.57 Å². The first-order chi connectivity index (χ1) is 6.68. The Balaban J connectivity index is 2.16. The topological polar surface area (TPSA) is 32.8 Å². The summed E-state index contributed by atoms with van der Waals surface area (Å²) in [6, 6.07) is 7.80. The van der Waals surface area contributed by atoms with Gasteiger partial charge in [-0.25, -0.2) is 0 Å². The van der Waals surface area contributed by atoms with Crippen LogP contribution < -0.4 is 0 Å². The lowest BCUT2D eigenvalue weighted by Crippen LogP contribution is -2.04. The lowest BCUT2D eigenvalue weighted by molar-refractivity contribution is 0.137. The van der Waals surface area contributed by atoms with Crippen molar-refractivity contribution in [2.75, 3.05) is 6.61 Å². The number of aliphatic hydroxyl groups excluding tert-OH is 1. The summed E-state index contributed by atoms with van der Waals surface area (Å²) in [5.74, 6) is 0. The van der Waals surface area contributed by atoms with Gasteiger partial charge >= 0.3 is 0 Å². The molecule has 2 rings (SSSR count). The summed E-state index contributed by atoms with van der Waals surface area (Å²) in [6.45, 7) is 6.50. The normalized spacial score (nSPS) is 21.7. The van der Waals surface area contributed by atoms with E-state index in [1.807, 2.05) is 31.2 Å². The molecule has 0 aliphatic carbocycles. The molecule has 0 aromatic heterocycles. The Bertz CT molecular complexity index is 336. The zero-order valence-corrected chi connectivity index (χ0v) is 8.23. The third-order valence-corrected chi connectivity index (χ3v) is 2.46. The second kappa shape index (κ2) is 3.56. The summed E-state index contributed by atoms with van der Waals surface area (Å²) < 4.78 is 5.03. The average molecular weight is 190 g/mol. The molecule has 0 amide bonds. The van der Waals surface area contributed by atoms with Crippen LogP contribution in [-0.4, -0.2) is 17.8 Å². The van der Waals surface area contributed by atoms with Crippen LogP contribution in [0.4, 0.5) is 0 Å². The van der Waals surface area contributed by atoms with Crippen LogP contribution in [0.5, 0.6) is 0 Å². The molecule has 0 spiro atoms. The Hall–Kier alpha value is -1.12. The molecule has 2 nitrogen and oxygen atoms in total. The first-order valence-corrected chi connectivity index (χ1v) is 4.74. The van der Waals surface area contributed by atoms with Crippen molar-refractivity contribution < 1.29 is 9.84 Å². The van der Waals surface area contributed by atoms with Gasteiger partial charge < -0.3 is 9.84 Å². The molecule has 1 aromatic carbocycles. The van der Waals surface area contributed by atoms with E-state index < -0.39 is 6.10 Å². The first kappa shape index (κ1) is 9.44. The molecule has 1 aliphatic rings. The lowest BCUT2D eigenvalue weighted by atomic mass is 10.0. The Labute approximate surface area is 83.8 Å². The van der Waals surface area contributed by atoms with Gasteiger partial charge in [-0.15, -0.1) is 0 Å². The summed E-state index contributed by atoms with van der Waals surface area (Å²) in [6.07, 6.45) is -0.472. The van der Waals surface area contributed by atoms with E-state index in [-0.39, 0.29) is 6.10 Å². The maximum atomic E-state index is 9.74. The molecular formula is C12H14O2. The number of hydrogen-bond acceptors (Lipinski definition) is 2. The van der Waals surface area contributed by atoms with E-state index in [0.29, 0.717) is 6.61 Å². The Morgan fingerprint density at radius 1 is 1.50 bits per heavy atom. The maximum absolute atomic E-state index is 9.74. The van der Waals surface area contributed by atoms with E-state index in [0.717, 1.165) is 16.7 Å². The van der Waals surface area contributed by atoms with Crippen molar-refractivity contribution in [3.8, 4) is 0 Å². The zero-order chi connectivity index (χ0) is 10.1. The molecule has 1 N–H and O–H groups in total. The molecule has 0 saturated carbocycles. The molecule has 2 unspecified atom stereocenters. The highest BCUT2D eigenvalue weighted by Crippen LogP contribution is 2.27. The number of epoxide rings is 1. The van der Waals surface area contributed by atoms with Crippen LogP contribution in [0.1, 0.15) is 24.2 Å². The number of rotatable bonds is 3. The highest BCUT2D eigenvalue weighted by atomic mass is 16.6. The van der Waals surface area contributed by atoms with Crippen LogP contribution in [0.3, 0.4) is 0 Å². The number of benzene rings is 1. The van der Waals surface area contributed by atoms with Crippen molar-refractivity contribution in [1.82, 2.24) is 0 Å². The smallest absolute Gasteiger partial charge is 0.111 e. The highest BCUT2D eigenvalue weighted by molar-refractivity contribution is 5.61. The van der Waals surface area contributed by atoms with Crippen LogP contribution >= 0.6 is 0 Å². The van der Waals surface area contributed by atoms with Gasteiger partial charge in [-0.2, -0.15) is 0 Å². The minimum absolute atomic E-state index is 0.00526. The summed E-state index contributed by atoms with van der Waals surface area (Å²) >= 11 is 0. The summed E-state index contributed by atoms with van der Waals surface area (Å²) in [5.41, 5.74) is 3.06. The molecule has 74 valence electrons. The van der Waals surface area contributed by atoms with E-state index in [1.165, 1.54) is 0 Å². The van der Waals surface area contributed by atoms with E-state index in [1.54, 1.807) is 0 Å². The van der Waals surface area contributed by atoms with Crippen molar-refractivity contribution in [3.63, 3.8) is 0 Å². The fourth-order valence-electron chi connectivity index (χ4n) is 1.42. The molecule has 2 atom stereocenters. The molecule has 14 heavy (non-hydrogen) atoms. The number of allylic oxidation sites excluding steroid dienone is 1. The lowest BCUT2D eigenvalue weighted by Gasteiger charge is -2.08. The molecule has 1 aromatic rings. The summed E-state index contributed by atoms with van der Waals surface area (Å²) in [4.78, 5) is 0. The molecular weight excluding hydrogens is 176 g/mol. The average Bonchev–Trinajstić information content (AvgIpc) is 3.00. The standard InChI is InChI=1S/C12H14O2/c1-8(2)9-3-5-10(6-4-9)12(13)11-7-14-11/h3-6,11-13H,1,7H2,2H3. The van der Waals surface area contributed by atoms with Crippen LogP contribution in [0.2, 0.25) is 0 Å². The summed E-state index contributed by atoms with van der Waals surface area (Å²) in [7, 11) is 0. The Kier molecular flexibility index (Phi) is 2.40. The van der Waals surface area contributed by atoms with Crippen LogP contribution in [-0.2, 0) is 4.74 Å². The third-order valence-electron chi connectivity index (χ3n) is 2.46. The molecule has 1 saturated heterocycles. The predicted octanol–water partition coefficient (Wildman–Crippen LogP) is 2.15. The Morgan fingerprint density at radius 2 is 2.07 bits per heavy atom. The Morgan fingerprint density at radius 3 is 2.50 bits per heavy atom. The van der Waals surface area contributed by atoms with Gasteiger partial charge in [0.1, 0.15) is 12.2 Å². The second-order valence-electron chi connectivity index (χ2n) is 3.72. The van der Waals surface area contributed by atoms with Crippen molar-refractivity contribution in [3.05, 3.63) is 42.0 Å². The second-order valence-corrected chi connectivity index (χ2v) is 3.72.